The first-order valence-electron chi connectivity index (χ1n) is 7.33. The Hall–Kier alpha value is -2.60. The quantitative estimate of drug-likeness (QED) is 0.845. The molecule has 0 aliphatic carbocycles. The third-order valence-electron chi connectivity index (χ3n) is 3.82. The van der Waals surface area contributed by atoms with E-state index in [0.717, 1.165) is 11.1 Å². The van der Waals surface area contributed by atoms with Gasteiger partial charge in [0.05, 0.1) is 12.0 Å². The average Bonchev–Trinajstić information content (AvgIpc) is 2.56. The molecule has 2 rings (SSSR count). The van der Waals surface area contributed by atoms with Crippen molar-refractivity contribution in [1.82, 2.24) is 4.90 Å². The summed E-state index contributed by atoms with van der Waals surface area (Å²) in [5.41, 5.74) is 1.97. The molecule has 3 nitrogen and oxygen atoms in total. The van der Waals surface area contributed by atoms with Crippen molar-refractivity contribution >= 4 is 5.91 Å². The predicted molar refractivity (Wildman–Crippen MR) is 87.3 cm³/mol. The van der Waals surface area contributed by atoms with Crippen molar-refractivity contribution in [2.45, 2.75) is 18.3 Å². The maximum atomic E-state index is 12.2. The lowest BCUT2D eigenvalue weighted by molar-refractivity contribution is -0.129. The largest absolute Gasteiger partial charge is 0.349 e. The van der Waals surface area contributed by atoms with Gasteiger partial charge in [0.25, 0.3) is 0 Å². The first kappa shape index (κ1) is 15.8. The Labute approximate surface area is 131 Å². The molecule has 0 radical (unpaired) electrons. The lowest BCUT2D eigenvalue weighted by Crippen LogP contribution is -2.25. The van der Waals surface area contributed by atoms with Crippen molar-refractivity contribution in [3.8, 4) is 6.07 Å². The summed E-state index contributed by atoms with van der Waals surface area (Å²) in [6.07, 6.45) is 0.324. The number of nitriles is 1. The molecule has 0 saturated heterocycles. The Morgan fingerprint density at radius 3 is 1.95 bits per heavy atom. The summed E-state index contributed by atoms with van der Waals surface area (Å²) in [4.78, 5) is 13.8. The number of carbonyl (C=O) groups is 1. The fourth-order valence-corrected chi connectivity index (χ4v) is 2.56. The Balaban J connectivity index is 2.39. The fourth-order valence-electron chi connectivity index (χ4n) is 2.56. The predicted octanol–water partition coefficient (Wildman–Crippen LogP) is 3.56. The van der Waals surface area contributed by atoms with E-state index in [2.05, 4.69) is 6.07 Å². The molecular weight excluding hydrogens is 272 g/mol. The molecule has 0 aromatic heterocycles. The van der Waals surface area contributed by atoms with Crippen LogP contribution in [-0.2, 0) is 4.79 Å². The third kappa shape index (κ3) is 3.73. The third-order valence-corrected chi connectivity index (χ3v) is 3.82. The molecule has 112 valence electrons. The van der Waals surface area contributed by atoms with Crippen LogP contribution in [-0.4, -0.2) is 24.9 Å². The summed E-state index contributed by atoms with van der Waals surface area (Å²) in [6, 6.07) is 21.9. The van der Waals surface area contributed by atoms with Gasteiger partial charge in [0, 0.05) is 26.4 Å². The minimum atomic E-state index is -0.340. The molecule has 0 heterocycles. The Kier molecular flexibility index (Phi) is 5.32. The van der Waals surface area contributed by atoms with Crippen molar-refractivity contribution in [2.75, 3.05) is 14.1 Å². The molecule has 2 aromatic rings. The fraction of sp³-hybridized carbons (Fsp3) is 0.263. The summed E-state index contributed by atoms with van der Waals surface area (Å²) >= 11 is 0. The number of carbonyl (C=O) groups excluding carboxylic acids is 1. The van der Waals surface area contributed by atoms with Crippen LogP contribution < -0.4 is 0 Å². The second kappa shape index (κ2) is 7.42. The molecule has 0 N–H and O–H groups in total. The SMILES string of the molecule is CN(C)C(=O)C[C@@H](c1ccccc1)[C@H](C#N)c1ccccc1. The summed E-state index contributed by atoms with van der Waals surface area (Å²) < 4.78 is 0. The van der Waals surface area contributed by atoms with Crippen molar-refractivity contribution in [2.24, 2.45) is 0 Å². The summed E-state index contributed by atoms with van der Waals surface area (Å²) in [6.45, 7) is 0. The van der Waals surface area contributed by atoms with Crippen LogP contribution in [0.3, 0.4) is 0 Å². The smallest absolute Gasteiger partial charge is 0.222 e. The van der Waals surface area contributed by atoms with Gasteiger partial charge < -0.3 is 4.90 Å². The molecule has 2 atom stereocenters. The zero-order chi connectivity index (χ0) is 15.9. The summed E-state index contributed by atoms with van der Waals surface area (Å²) in [5, 5.41) is 9.69. The van der Waals surface area contributed by atoms with E-state index in [1.54, 1.807) is 19.0 Å². The number of hydrogen-bond acceptors (Lipinski definition) is 2. The van der Waals surface area contributed by atoms with Crippen LogP contribution in [0, 0.1) is 11.3 Å². The van der Waals surface area contributed by atoms with Crippen LogP contribution in [0.15, 0.2) is 60.7 Å². The van der Waals surface area contributed by atoms with Crippen LogP contribution in [0.1, 0.15) is 29.4 Å². The highest BCUT2D eigenvalue weighted by Crippen LogP contribution is 2.35. The van der Waals surface area contributed by atoms with Crippen LogP contribution in [0.25, 0.3) is 0 Å². The molecule has 22 heavy (non-hydrogen) atoms. The van der Waals surface area contributed by atoms with Gasteiger partial charge in [-0.1, -0.05) is 60.7 Å². The van der Waals surface area contributed by atoms with Crippen LogP contribution >= 0.6 is 0 Å². The second-order valence-electron chi connectivity index (χ2n) is 5.53. The van der Waals surface area contributed by atoms with E-state index in [-0.39, 0.29) is 17.7 Å². The molecule has 0 aliphatic heterocycles. The van der Waals surface area contributed by atoms with E-state index < -0.39 is 0 Å². The van der Waals surface area contributed by atoms with Gasteiger partial charge >= 0.3 is 0 Å². The summed E-state index contributed by atoms with van der Waals surface area (Å²) in [5.74, 6) is -0.457. The number of hydrogen-bond donors (Lipinski definition) is 0. The second-order valence-corrected chi connectivity index (χ2v) is 5.53. The molecule has 0 saturated carbocycles. The average molecular weight is 292 g/mol. The molecule has 3 heteroatoms. The van der Waals surface area contributed by atoms with E-state index >= 15 is 0 Å². The Bertz CT molecular complexity index is 644. The molecule has 0 unspecified atom stereocenters. The minimum absolute atomic E-state index is 0.0324. The van der Waals surface area contributed by atoms with E-state index in [4.69, 9.17) is 0 Å². The standard InChI is InChI=1S/C19H20N2O/c1-21(2)19(22)13-17(15-9-5-3-6-10-15)18(14-20)16-11-7-4-8-12-16/h3-12,17-18H,13H2,1-2H3/t17-,18+/m0/s1. The van der Waals surface area contributed by atoms with Gasteiger partial charge in [-0.2, -0.15) is 5.26 Å². The van der Waals surface area contributed by atoms with Crippen LogP contribution in [0.5, 0.6) is 0 Å². The molecule has 2 aromatic carbocycles. The summed E-state index contributed by atoms with van der Waals surface area (Å²) in [7, 11) is 3.49. The maximum Gasteiger partial charge on any atom is 0.222 e. The van der Waals surface area contributed by atoms with Crippen LogP contribution in [0.4, 0.5) is 0 Å². The van der Waals surface area contributed by atoms with Gasteiger partial charge in [-0.15, -0.1) is 0 Å². The zero-order valence-electron chi connectivity index (χ0n) is 12.9. The first-order valence-corrected chi connectivity index (χ1v) is 7.33. The lowest BCUT2D eigenvalue weighted by Gasteiger charge is -2.24. The van der Waals surface area contributed by atoms with Crippen molar-refractivity contribution < 1.29 is 4.79 Å². The van der Waals surface area contributed by atoms with Gasteiger partial charge in [0.2, 0.25) is 5.91 Å². The number of benzene rings is 2. The van der Waals surface area contributed by atoms with E-state index in [9.17, 15) is 10.1 Å². The van der Waals surface area contributed by atoms with Crippen molar-refractivity contribution in [3.63, 3.8) is 0 Å². The van der Waals surface area contributed by atoms with E-state index in [0.29, 0.717) is 6.42 Å². The molecule has 0 spiro atoms. The zero-order valence-corrected chi connectivity index (χ0v) is 12.9. The molecule has 1 amide bonds. The number of amides is 1. The normalized spacial score (nSPS) is 13.0. The highest BCUT2D eigenvalue weighted by Gasteiger charge is 2.27. The van der Waals surface area contributed by atoms with Crippen molar-refractivity contribution in [3.05, 3.63) is 71.8 Å². The monoisotopic (exact) mass is 292 g/mol. The Morgan fingerprint density at radius 1 is 1.00 bits per heavy atom. The van der Waals surface area contributed by atoms with Crippen LogP contribution in [0.2, 0.25) is 0 Å². The topological polar surface area (TPSA) is 44.1 Å². The van der Waals surface area contributed by atoms with Gasteiger partial charge in [0.1, 0.15) is 0 Å². The number of nitrogens with zero attached hydrogens (tertiary/aromatic N) is 2. The van der Waals surface area contributed by atoms with Gasteiger partial charge in [0.15, 0.2) is 0 Å². The van der Waals surface area contributed by atoms with Gasteiger partial charge in [-0.25, -0.2) is 0 Å². The lowest BCUT2D eigenvalue weighted by atomic mass is 9.80. The molecule has 0 fully saturated rings. The molecular formula is C19H20N2O. The van der Waals surface area contributed by atoms with Gasteiger partial charge in [-0.3, -0.25) is 4.79 Å². The van der Waals surface area contributed by atoms with E-state index in [1.165, 1.54) is 0 Å². The highest BCUT2D eigenvalue weighted by atomic mass is 16.2. The molecule has 0 aliphatic rings. The molecule has 0 bridgehead atoms. The Morgan fingerprint density at radius 2 is 1.50 bits per heavy atom. The van der Waals surface area contributed by atoms with E-state index in [1.807, 2.05) is 60.7 Å². The first-order chi connectivity index (χ1) is 10.6. The minimum Gasteiger partial charge on any atom is -0.349 e. The maximum absolute atomic E-state index is 12.2. The highest BCUT2D eigenvalue weighted by molar-refractivity contribution is 5.76. The van der Waals surface area contributed by atoms with Gasteiger partial charge in [-0.05, 0) is 11.1 Å². The number of rotatable bonds is 5. The van der Waals surface area contributed by atoms with Crippen molar-refractivity contribution in [1.29, 1.82) is 5.26 Å².